The molecule has 4 rings (SSSR count). The summed E-state index contributed by atoms with van der Waals surface area (Å²) in [6.45, 7) is 7.95. The predicted octanol–water partition coefficient (Wildman–Crippen LogP) is 4.71. The van der Waals surface area contributed by atoms with Gasteiger partial charge in [0.1, 0.15) is 13.2 Å². The van der Waals surface area contributed by atoms with Gasteiger partial charge in [-0.2, -0.15) is 0 Å². The van der Waals surface area contributed by atoms with Gasteiger partial charge in [0, 0.05) is 0 Å². The Labute approximate surface area is 223 Å². The molecule has 0 saturated carbocycles. The molecular weight excluding hydrogens is 484 g/mol. The molecule has 0 aliphatic carbocycles. The van der Waals surface area contributed by atoms with Gasteiger partial charge in [-0.05, 0) is 35.8 Å². The summed E-state index contributed by atoms with van der Waals surface area (Å²) in [6, 6.07) is 18.0. The highest BCUT2D eigenvalue weighted by molar-refractivity contribution is 6.00. The summed E-state index contributed by atoms with van der Waals surface area (Å²) in [5.74, 6) is -2.78. The molecule has 8 heteroatoms. The van der Waals surface area contributed by atoms with Gasteiger partial charge < -0.3 is 9.47 Å². The second kappa shape index (κ2) is 11.8. The molecule has 0 aromatic heterocycles. The van der Waals surface area contributed by atoms with E-state index in [4.69, 9.17) is 9.47 Å². The van der Waals surface area contributed by atoms with E-state index in [9.17, 15) is 19.2 Å². The number of benzene rings is 2. The van der Waals surface area contributed by atoms with E-state index in [1.54, 1.807) is 0 Å². The minimum atomic E-state index is -0.904. The van der Waals surface area contributed by atoms with Crippen LogP contribution in [0.1, 0.15) is 38.8 Å². The fourth-order valence-corrected chi connectivity index (χ4v) is 5.26. The van der Waals surface area contributed by atoms with Gasteiger partial charge in [0.05, 0.1) is 23.9 Å². The molecule has 8 nitrogen and oxygen atoms in total. The lowest BCUT2D eigenvalue weighted by Gasteiger charge is -2.33. The lowest BCUT2D eigenvalue weighted by atomic mass is 9.80. The van der Waals surface area contributed by atoms with Gasteiger partial charge in [-0.1, -0.05) is 88.4 Å². The van der Waals surface area contributed by atoms with Crippen molar-refractivity contribution in [2.45, 2.75) is 52.6 Å². The highest BCUT2D eigenvalue weighted by atomic mass is 16.6. The lowest BCUT2D eigenvalue weighted by Crippen LogP contribution is -2.52. The van der Waals surface area contributed by atoms with Crippen molar-refractivity contribution in [3.05, 3.63) is 71.8 Å². The molecule has 0 spiro atoms. The summed E-state index contributed by atoms with van der Waals surface area (Å²) >= 11 is 0. The Morgan fingerprint density at radius 1 is 0.684 bits per heavy atom. The van der Waals surface area contributed by atoms with Crippen molar-refractivity contribution >= 4 is 24.0 Å². The molecule has 0 unspecified atom stereocenters. The van der Waals surface area contributed by atoms with Crippen LogP contribution >= 0.6 is 0 Å². The van der Waals surface area contributed by atoms with Crippen LogP contribution in [0.5, 0.6) is 0 Å². The Morgan fingerprint density at radius 2 is 1.03 bits per heavy atom. The Hall–Kier alpha value is -3.68. The average Bonchev–Trinajstić information content (AvgIpc) is 3.49. The average molecular weight is 521 g/mol. The van der Waals surface area contributed by atoms with Crippen LogP contribution in [0.3, 0.4) is 0 Å². The smallest absolute Gasteiger partial charge is 0.416 e. The van der Waals surface area contributed by atoms with Crippen molar-refractivity contribution in [3.8, 4) is 0 Å². The molecule has 0 radical (unpaired) electrons. The minimum absolute atomic E-state index is 0.0232. The maximum Gasteiger partial charge on any atom is 0.416 e. The van der Waals surface area contributed by atoms with Crippen LogP contribution in [0, 0.1) is 23.7 Å². The molecule has 2 aliphatic rings. The largest absolute Gasteiger partial charge is 0.447 e. The monoisotopic (exact) mass is 520 g/mol. The second-order valence-corrected chi connectivity index (χ2v) is 10.8. The number of cyclic esters (lactones) is 2. The Morgan fingerprint density at radius 3 is 1.34 bits per heavy atom. The van der Waals surface area contributed by atoms with Gasteiger partial charge >= 0.3 is 12.2 Å². The Kier molecular flexibility index (Phi) is 8.49. The molecule has 2 aromatic carbocycles. The van der Waals surface area contributed by atoms with Crippen LogP contribution in [0.2, 0.25) is 0 Å². The molecule has 202 valence electrons. The van der Waals surface area contributed by atoms with Crippen LogP contribution in [0.25, 0.3) is 0 Å². The number of amides is 4. The van der Waals surface area contributed by atoms with Crippen LogP contribution < -0.4 is 0 Å². The highest BCUT2D eigenvalue weighted by Gasteiger charge is 2.49. The van der Waals surface area contributed by atoms with Crippen molar-refractivity contribution < 1.29 is 28.7 Å². The molecule has 2 aliphatic heterocycles. The number of carbonyl (C=O) groups excluding carboxylic acids is 4. The zero-order valence-corrected chi connectivity index (χ0v) is 22.4. The fraction of sp³-hybridized carbons (Fsp3) is 0.467. The maximum absolute atomic E-state index is 14.3. The number of carbonyl (C=O) groups is 4. The van der Waals surface area contributed by atoms with Gasteiger partial charge in [0.25, 0.3) is 0 Å². The molecule has 4 amide bonds. The third kappa shape index (κ3) is 5.74. The number of ether oxygens (including phenoxy) is 2. The second-order valence-electron chi connectivity index (χ2n) is 10.8. The van der Waals surface area contributed by atoms with Crippen molar-refractivity contribution in [3.63, 3.8) is 0 Å². The maximum atomic E-state index is 14.3. The quantitative estimate of drug-likeness (QED) is 0.475. The highest BCUT2D eigenvalue weighted by Crippen LogP contribution is 2.32. The van der Waals surface area contributed by atoms with Crippen LogP contribution in [-0.4, -0.2) is 59.1 Å². The summed E-state index contributed by atoms with van der Waals surface area (Å²) in [7, 11) is 0. The first-order chi connectivity index (χ1) is 18.2. The minimum Gasteiger partial charge on any atom is -0.447 e. The zero-order chi connectivity index (χ0) is 27.4. The molecule has 2 heterocycles. The SMILES string of the molecule is CC(C)[C@H]1COC(=O)N1C(=O)[C@H](Cc1ccccc1)[C@@H](Cc1ccccc1)C(=O)N1C(=O)OC[C@@H]1C(C)C. The van der Waals surface area contributed by atoms with E-state index in [-0.39, 0.29) is 37.9 Å². The van der Waals surface area contributed by atoms with Crippen molar-refractivity contribution in [2.75, 3.05) is 13.2 Å². The molecule has 2 saturated heterocycles. The summed E-state index contributed by atoms with van der Waals surface area (Å²) in [6.07, 6.45) is -0.934. The first-order valence-corrected chi connectivity index (χ1v) is 13.3. The van der Waals surface area contributed by atoms with E-state index in [1.165, 1.54) is 9.80 Å². The number of nitrogens with zero attached hydrogens (tertiary/aromatic N) is 2. The van der Waals surface area contributed by atoms with E-state index < -0.39 is 47.9 Å². The van der Waals surface area contributed by atoms with Gasteiger partial charge in [-0.25, -0.2) is 19.4 Å². The van der Waals surface area contributed by atoms with E-state index in [0.717, 1.165) is 11.1 Å². The van der Waals surface area contributed by atoms with Crippen LogP contribution in [0.15, 0.2) is 60.7 Å². The van der Waals surface area contributed by atoms with Crippen molar-refractivity contribution in [2.24, 2.45) is 23.7 Å². The molecule has 2 aromatic rings. The molecule has 38 heavy (non-hydrogen) atoms. The van der Waals surface area contributed by atoms with E-state index >= 15 is 0 Å². The third-order valence-corrected chi connectivity index (χ3v) is 7.54. The van der Waals surface area contributed by atoms with Gasteiger partial charge in [0.2, 0.25) is 11.8 Å². The van der Waals surface area contributed by atoms with Gasteiger partial charge in [-0.15, -0.1) is 0 Å². The summed E-state index contributed by atoms with van der Waals surface area (Å²) in [4.78, 5) is 56.5. The van der Waals surface area contributed by atoms with Crippen molar-refractivity contribution in [1.82, 2.24) is 9.80 Å². The number of hydrogen-bond acceptors (Lipinski definition) is 6. The Balaban J connectivity index is 1.79. The third-order valence-electron chi connectivity index (χ3n) is 7.54. The van der Waals surface area contributed by atoms with Crippen LogP contribution in [0.4, 0.5) is 9.59 Å². The van der Waals surface area contributed by atoms with Gasteiger partial charge in [-0.3, -0.25) is 9.59 Å². The molecular formula is C30H36N2O6. The van der Waals surface area contributed by atoms with Crippen LogP contribution in [-0.2, 0) is 31.9 Å². The zero-order valence-electron chi connectivity index (χ0n) is 22.4. The van der Waals surface area contributed by atoms with Gasteiger partial charge in [0.15, 0.2) is 0 Å². The topological polar surface area (TPSA) is 93.2 Å². The fourth-order valence-electron chi connectivity index (χ4n) is 5.26. The standard InChI is InChI=1S/C30H36N2O6/c1-19(2)25-17-37-29(35)31(25)27(33)23(15-21-11-7-5-8-12-21)24(16-22-13-9-6-10-14-22)28(34)32-26(20(3)4)18-38-30(32)36/h5-14,19-20,23-26H,15-18H2,1-4H3/t23-,24-,25-,26-/m1/s1. The molecule has 0 bridgehead atoms. The lowest BCUT2D eigenvalue weighted by molar-refractivity contribution is -0.145. The molecule has 0 N–H and O–H groups in total. The number of rotatable bonds is 9. The summed E-state index contributed by atoms with van der Waals surface area (Å²) in [5.41, 5.74) is 1.71. The van der Waals surface area contributed by atoms with E-state index in [0.29, 0.717) is 0 Å². The number of imide groups is 2. The molecule has 2 fully saturated rings. The van der Waals surface area contributed by atoms with E-state index in [2.05, 4.69) is 0 Å². The summed E-state index contributed by atoms with van der Waals surface area (Å²) in [5, 5.41) is 0. The first-order valence-electron chi connectivity index (χ1n) is 13.3. The van der Waals surface area contributed by atoms with Crippen molar-refractivity contribution in [1.29, 1.82) is 0 Å². The number of hydrogen-bond donors (Lipinski definition) is 0. The van der Waals surface area contributed by atoms with E-state index in [1.807, 2.05) is 88.4 Å². The Bertz CT molecular complexity index is 1060. The normalized spacial score (nSPS) is 21.0. The summed E-state index contributed by atoms with van der Waals surface area (Å²) < 4.78 is 10.6. The first kappa shape index (κ1) is 27.4. The predicted molar refractivity (Wildman–Crippen MR) is 141 cm³/mol. The molecule has 4 atom stereocenters.